The van der Waals surface area contributed by atoms with Crippen LogP contribution >= 0.6 is 0 Å². The highest BCUT2D eigenvalue weighted by Crippen LogP contribution is 2.36. The Kier molecular flexibility index (Phi) is 14.8. The van der Waals surface area contributed by atoms with Crippen molar-refractivity contribution in [1.82, 2.24) is 20.1 Å². The van der Waals surface area contributed by atoms with Gasteiger partial charge in [0.05, 0.1) is 13.7 Å². The number of fused-ring (bicyclic) bond motifs is 1. The number of aromatic nitrogens is 1. The first kappa shape index (κ1) is 37.3. The van der Waals surface area contributed by atoms with Crippen LogP contribution in [-0.2, 0) is 19.5 Å². The van der Waals surface area contributed by atoms with Crippen molar-refractivity contribution in [2.45, 2.75) is 67.0 Å². The number of aryl methyl sites for hydroxylation is 1. The van der Waals surface area contributed by atoms with Crippen LogP contribution in [0.15, 0.2) is 101 Å². The van der Waals surface area contributed by atoms with E-state index >= 15 is 0 Å². The van der Waals surface area contributed by atoms with Gasteiger partial charge in [0.25, 0.3) is 0 Å². The highest BCUT2D eigenvalue weighted by molar-refractivity contribution is 5.67. The third-order valence-electron chi connectivity index (χ3n) is 8.47. The van der Waals surface area contributed by atoms with Gasteiger partial charge in [-0.25, -0.2) is 4.98 Å². The molecule has 4 heterocycles. The number of terminal acetylenes is 1. The molecule has 0 saturated carbocycles. The third kappa shape index (κ3) is 10.2. The summed E-state index contributed by atoms with van der Waals surface area (Å²) in [7, 11) is 1.64. The van der Waals surface area contributed by atoms with Crippen molar-refractivity contribution in [2.75, 3.05) is 39.8 Å². The molecule has 0 radical (unpaired) electrons. The third-order valence-corrected chi connectivity index (χ3v) is 8.47. The van der Waals surface area contributed by atoms with Gasteiger partial charge in [-0.05, 0) is 41.8 Å². The van der Waals surface area contributed by atoms with E-state index in [9.17, 15) is 0 Å². The predicted octanol–water partition coefficient (Wildman–Crippen LogP) is 9.07. The first-order valence-electron chi connectivity index (χ1n) is 17.8. The Morgan fingerprint density at radius 1 is 1.00 bits per heavy atom. The molecule has 0 aliphatic carbocycles. The largest absolute Gasteiger partial charge is 0.481 e. The molecular formula is C43H54N4O2. The molecule has 2 aliphatic heterocycles. The van der Waals surface area contributed by atoms with E-state index in [-0.39, 0.29) is 0 Å². The maximum Gasteiger partial charge on any atom is 0.212 e. The Hall–Kier alpha value is -4.57. The molecule has 6 rings (SSSR count). The molecule has 0 unspecified atom stereocenters. The van der Waals surface area contributed by atoms with Crippen LogP contribution < -0.4 is 10.1 Å². The molecule has 2 aliphatic rings. The van der Waals surface area contributed by atoms with Gasteiger partial charge in [-0.2, -0.15) is 0 Å². The van der Waals surface area contributed by atoms with Gasteiger partial charge in [0.1, 0.15) is 11.5 Å². The second kappa shape index (κ2) is 19.4. The maximum absolute atomic E-state index is 6.61. The molecular weight excluding hydrogens is 604 g/mol. The molecule has 2 aromatic carbocycles. The molecule has 6 heteroatoms. The van der Waals surface area contributed by atoms with E-state index < -0.39 is 0 Å². The molecule has 0 spiro atoms. The summed E-state index contributed by atoms with van der Waals surface area (Å²) in [6, 6.07) is 23.3. The van der Waals surface area contributed by atoms with Crippen LogP contribution in [0, 0.1) is 19.3 Å². The van der Waals surface area contributed by atoms with E-state index in [1.807, 2.05) is 26.1 Å². The maximum atomic E-state index is 6.61. The molecule has 4 aromatic rings. The fourth-order valence-electron chi connectivity index (χ4n) is 6.07. The smallest absolute Gasteiger partial charge is 0.212 e. The summed E-state index contributed by atoms with van der Waals surface area (Å²) in [6.45, 7) is 16.8. The zero-order chi connectivity index (χ0) is 35.0. The second-order valence-electron chi connectivity index (χ2n) is 12.2. The molecule has 0 amide bonds. The molecule has 49 heavy (non-hydrogen) atoms. The lowest BCUT2D eigenvalue weighted by Crippen LogP contribution is -2.43. The average molecular weight is 659 g/mol. The van der Waals surface area contributed by atoms with E-state index in [1.54, 1.807) is 7.11 Å². The molecule has 258 valence electrons. The summed E-state index contributed by atoms with van der Waals surface area (Å²) >= 11 is 0. The van der Waals surface area contributed by atoms with Crippen molar-refractivity contribution in [3.8, 4) is 40.7 Å². The van der Waals surface area contributed by atoms with Crippen molar-refractivity contribution in [3.63, 3.8) is 0 Å². The Morgan fingerprint density at radius 3 is 2.39 bits per heavy atom. The van der Waals surface area contributed by atoms with Crippen LogP contribution in [0.3, 0.4) is 0 Å². The fourth-order valence-corrected chi connectivity index (χ4v) is 6.07. The van der Waals surface area contributed by atoms with Gasteiger partial charge in [-0.1, -0.05) is 94.3 Å². The molecule has 1 N–H and O–H groups in total. The molecule has 0 atom stereocenters. The summed E-state index contributed by atoms with van der Waals surface area (Å²) in [6.07, 6.45) is 15.1. The average Bonchev–Trinajstić information content (AvgIpc) is 3.48. The number of nitrogens with one attached hydrogen (secondary N) is 1. The van der Waals surface area contributed by atoms with E-state index in [0.717, 1.165) is 67.4 Å². The SMILES string of the molecule is C#CCC1=C(/C=C\CN2CCNCC2)N(Cc2ccccc2-c2ccc(OC)nc2)Cc2oc(-c3ccc(C)cc3)cc2C1.CC.CCC. The molecule has 2 aromatic heterocycles. The van der Waals surface area contributed by atoms with Crippen LogP contribution in [0.5, 0.6) is 5.88 Å². The lowest BCUT2D eigenvalue weighted by atomic mass is 9.99. The minimum Gasteiger partial charge on any atom is -0.481 e. The number of ether oxygens (including phenoxy) is 1. The highest BCUT2D eigenvalue weighted by atomic mass is 16.5. The highest BCUT2D eigenvalue weighted by Gasteiger charge is 2.25. The van der Waals surface area contributed by atoms with Gasteiger partial charge >= 0.3 is 0 Å². The van der Waals surface area contributed by atoms with Gasteiger partial charge in [0, 0.05) is 86.8 Å². The van der Waals surface area contributed by atoms with Crippen molar-refractivity contribution < 1.29 is 9.15 Å². The molecule has 1 fully saturated rings. The minimum absolute atomic E-state index is 0.582. The summed E-state index contributed by atoms with van der Waals surface area (Å²) in [5, 5.41) is 3.44. The Labute approximate surface area is 294 Å². The van der Waals surface area contributed by atoms with E-state index in [4.69, 9.17) is 15.6 Å². The Bertz CT molecular complexity index is 1690. The summed E-state index contributed by atoms with van der Waals surface area (Å²) in [4.78, 5) is 9.40. The van der Waals surface area contributed by atoms with Crippen molar-refractivity contribution >= 4 is 0 Å². The van der Waals surface area contributed by atoms with Crippen LogP contribution in [0.2, 0.25) is 0 Å². The number of hydrogen-bond donors (Lipinski definition) is 1. The zero-order valence-electron chi connectivity index (χ0n) is 30.4. The van der Waals surface area contributed by atoms with Crippen LogP contribution in [0.1, 0.15) is 63.0 Å². The number of furan rings is 1. The van der Waals surface area contributed by atoms with Crippen LogP contribution in [0.25, 0.3) is 22.5 Å². The normalized spacial score (nSPS) is 14.6. The van der Waals surface area contributed by atoms with Crippen LogP contribution in [0.4, 0.5) is 0 Å². The van der Waals surface area contributed by atoms with Gasteiger partial charge < -0.3 is 19.4 Å². The number of methoxy groups -OCH3 is 1. The summed E-state index contributed by atoms with van der Waals surface area (Å²) in [5.41, 5.74) is 9.36. The monoisotopic (exact) mass is 658 g/mol. The number of hydrogen-bond acceptors (Lipinski definition) is 6. The number of rotatable bonds is 9. The number of piperazine rings is 1. The van der Waals surface area contributed by atoms with Crippen molar-refractivity contribution in [2.24, 2.45) is 0 Å². The van der Waals surface area contributed by atoms with Crippen molar-refractivity contribution in [3.05, 3.63) is 119 Å². The molecule has 6 nitrogen and oxygen atoms in total. The van der Waals surface area contributed by atoms with E-state index in [0.29, 0.717) is 25.4 Å². The van der Waals surface area contributed by atoms with Gasteiger partial charge in [-0.15, -0.1) is 12.3 Å². The number of benzene rings is 2. The number of nitrogens with zero attached hydrogens (tertiary/aromatic N) is 3. The summed E-state index contributed by atoms with van der Waals surface area (Å²) in [5.74, 6) is 5.45. The topological polar surface area (TPSA) is 53.8 Å². The first-order chi connectivity index (χ1) is 24.0. The Balaban J connectivity index is 0.00000103. The lowest BCUT2D eigenvalue weighted by Gasteiger charge is -2.28. The lowest BCUT2D eigenvalue weighted by molar-refractivity contribution is 0.264. The quantitative estimate of drug-likeness (QED) is 0.181. The molecule has 1 saturated heterocycles. The molecule has 0 bridgehead atoms. The predicted molar refractivity (Wildman–Crippen MR) is 204 cm³/mol. The number of allylic oxidation sites excluding steroid dienone is 2. The standard InChI is InChI=1S/C38H40N4O2.C3H8.C2H6/c1-4-8-30-23-33-24-36(29-14-12-28(2)13-15-29)44-37(33)27-42(35(30)11-7-20-41-21-18-39-19-22-41)26-32-9-5-6-10-34(32)31-16-17-38(43-3)40-25-31;1-3-2;1-2/h1,5-7,9-17,24-25,39H,8,18-23,26-27H2,2-3H3;3H2,1-2H3;1-2H3/b11-7-;;. The van der Waals surface area contributed by atoms with Gasteiger partial charge in [0.15, 0.2) is 0 Å². The first-order valence-corrected chi connectivity index (χ1v) is 17.8. The minimum atomic E-state index is 0.582. The van der Waals surface area contributed by atoms with E-state index in [1.165, 1.54) is 34.4 Å². The zero-order valence-corrected chi connectivity index (χ0v) is 30.4. The van der Waals surface area contributed by atoms with Crippen LogP contribution in [-0.4, -0.2) is 54.6 Å². The fraction of sp³-hybridized carbons (Fsp3) is 0.372. The van der Waals surface area contributed by atoms with E-state index in [2.05, 4.69) is 120 Å². The van der Waals surface area contributed by atoms with Gasteiger partial charge in [0.2, 0.25) is 5.88 Å². The summed E-state index contributed by atoms with van der Waals surface area (Å²) < 4.78 is 11.9. The number of pyridine rings is 1. The van der Waals surface area contributed by atoms with Crippen molar-refractivity contribution in [1.29, 1.82) is 0 Å². The Morgan fingerprint density at radius 2 is 1.71 bits per heavy atom. The van der Waals surface area contributed by atoms with Gasteiger partial charge in [-0.3, -0.25) is 4.90 Å². The second-order valence-corrected chi connectivity index (χ2v) is 12.2.